The first-order chi connectivity index (χ1) is 8.67. The number of rotatable bonds is 7. The Kier molecular flexibility index (Phi) is 6.47. The first-order valence-electron chi connectivity index (χ1n) is 6.19. The van der Waals surface area contributed by atoms with Gasteiger partial charge in [-0.05, 0) is 24.6 Å². The standard InChI is InChI=1S/C15H22O3/c1-12(5-4-10-16)13(2)18-11-14-6-8-15(17-3)9-7-14/h4-9,12-13,16H,10-11H2,1-3H3/b5-4+/t12-,13+/m0/s1. The topological polar surface area (TPSA) is 38.7 Å². The van der Waals surface area contributed by atoms with Crippen molar-refractivity contribution < 1.29 is 14.6 Å². The van der Waals surface area contributed by atoms with Crippen LogP contribution in [0.2, 0.25) is 0 Å². The van der Waals surface area contributed by atoms with Crippen molar-refractivity contribution in [3.8, 4) is 5.75 Å². The van der Waals surface area contributed by atoms with Gasteiger partial charge >= 0.3 is 0 Å². The molecule has 1 rings (SSSR count). The molecule has 0 saturated carbocycles. The zero-order chi connectivity index (χ0) is 13.4. The van der Waals surface area contributed by atoms with E-state index in [-0.39, 0.29) is 18.6 Å². The van der Waals surface area contributed by atoms with Crippen LogP contribution in [0.3, 0.4) is 0 Å². The first kappa shape index (κ1) is 14.7. The van der Waals surface area contributed by atoms with Crippen LogP contribution in [0.1, 0.15) is 19.4 Å². The Morgan fingerprint density at radius 2 is 1.89 bits per heavy atom. The molecule has 2 atom stereocenters. The molecule has 0 saturated heterocycles. The third kappa shape index (κ3) is 4.90. The second kappa shape index (κ2) is 7.90. The Labute approximate surface area is 109 Å². The molecule has 1 N–H and O–H groups in total. The largest absolute Gasteiger partial charge is 0.497 e. The summed E-state index contributed by atoms with van der Waals surface area (Å²) >= 11 is 0. The van der Waals surface area contributed by atoms with Crippen molar-refractivity contribution in [1.29, 1.82) is 0 Å². The Balaban J connectivity index is 2.41. The molecule has 0 aliphatic rings. The van der Waals surface area contributed by atoms with Crippen molar-refractivity contribution in [3.05, 3.63) is 42.0 Å². The fraction of sp³-hybridized carbons (Fsp3) is 0.467. The Morgan fingerprint density at radius 1 is 1.22 bits per heavy atom. The van der Waals surface area contributed by atoms with Crippen LogP contribution in [0, 0.1) is 5.92 Å². The first-order valence-corrected chi connectivity index (χ1v) is 6.19. The molecule has 0 bridgehead atoms. The minimum atomic E-state index is 0.0789. The zero-order valence-electron chi connectivity index (χ0n) is 11.3. The van der Waals surface area contributed by atoms with Crippen LogP contribution in [0.15, 0.2) is 36.4 Å². The lowest BCUT2D eigenvalue weighted by atomic mass is 10.1. The van der Waals surface area contributed by atoms with Crippen LogP contribution >= 0.6 is 0 Å². The summed E-state index contributed by atoms with van der Waals surface area (Å²) in [5.74, 6) is 1.14. The molecular formula is C15H22O3. The molecule has 18 heavy (non-hydrogen) atoms. The molecular weight excluding hydrogens is 228 g/mol. The molecule has 0 spiro atoms. The fourth-order valence-electron chi connectivity index (χ4n) is 1.53. The summed E-state index contributed by atoms with van der Waals surface area (Å²) in [7, 11) is 1.66. The molecule has 0 aliphatic heterocycles. The molecule has 0 amide bonds. The van der Waals surface area contributed by atoms with Crippen LogP contribution in [0.5, 0.6) is 5.75 Å². The summed E-state index contributed by atoms with van der Waals surface area (Å²) < 4.78 is 10.9. The van der Waals surface area contributed by atoms with Gasteiger partial charge in [0.1, 0.15) is 5.75 Å². The molecule has 0 aliphatic carbocycles. The molecule has 3 heteroatoms. The van der Waals surface area contributed by atoms with Crippen LogP contribution in [-0.2, 0) is 11.3 Å². The fourth-order valence-corrected chi connectivity index (χ4v) is 1.53. The highest BCUT2D eigenvalue weighted by molar-refractivity contribution is 5.26. The van der Waals surface area contributed by atoms with Crippen molar-refractivity contribution in [1.82, 2.24) is 0 Å². The highest BCUT2D eigenvalue weighted by Gasteiger charge is 2.09. The van der Waals surface area contributed by atoms with Crippen molar-refractivity contribution >= 4 is 0 Å². The van der Waals surface area contributed by atoms with Gasteiger partial charge in [0.25, 0.3) is 0 Å². The summed E-state index contributed by atoms with van der Waals surface area (Å²) in [6.07, 6.45) is 3.84. The van der Waals surface area contributed by atoms with Gasteiger partial charge in [0.15, 0.2) is 0 Å². The number of methoxy groups -OCH3 is 1. The number of aliphatic hydroxyl groups excluding tert-OH is 1. The Bertz CT molecular complexity index is 357. The van der Waals surface area contributed by atoms with E-state index in [2.05, 4.69) is 6.92 Å². The molecule has 0 radical (unpaired) electrons. The maximum absolute atomic E-state index is 8.71. The van der Waals surface area contributed by atoms with E-state index in [1.165, 1.54) is 0 Å². The Hall–Kier alpha value is -1.32. The second-order valence-electron chi connectivity index (χ2n) is 4.33. The predicted molar refractivity (Wildman–Crippen MR) is 72.6 cm³/mol. The summed E-state index contributed by atoms with van der Waals surface area (Å²) in [6.45, 7) is 4.78. The van der Waals surface area contributed by atoms with Crippen molar-refractivity contribution in [2.75, 3.05) is 13.7 Å². The summed E-state index contributed by atoms with van der Waals surface area (Å²) in [5, 5.41) is 8.71. The highest BCUT2D eigenvalue weighted by Crippen LogP contribution is 2.15. The van der Waals surface area contributed by atoms with Crippen LogP contribution < -0.4 is 4.74 Å². The molecule has 0 fully saturated rings. The molecule has 0 aromatic heterocycles. The van der Waals surface area contributed by atoms with Gasteiger partial charge in [0.2, 0.25) is 0 Å². The zero-order valence-corrected chi connectivity index (χ0v) is 11.3. The van der Waals surface area contributed by atoms with Crippen LogP contribution in [0.4, 0.5) is 0 Å². The molecule has 1 aromatic rings. The van der Waals surface area contributed by atoms with E-state index in [9.17, 15) is 0 Å². The van der Waals surface area contributed by atoms with Crippen LogP contribution in [-0.4, -0.2) is 24.9 Å². The molecule has 100 valence electrons. The van der Waals surface area contributed by atoms with E-state index in [4.69, 9.17) is 14.6 Å². The average molecular weight is 250 g/mol. The van der Waals surface area contributed by atoms with E-state index in [0.717, 1.165) is 11.3 Å². The number of ether oxygens (including phenoxy) is 2. The lowest BCUT2D eigenvalue weighted by Crippen LogP contribution is -2.16. The third-order valence-corrected chi connectivity index (χ3v) is 2.96. The molecule has 0 unspecified atom stereocenters. The van der Waals surface area contributed by atoms with Crippen molar-refractivity contribution in [2.45, 2.75) is 26.6 Å². The van der Waals surface area contributed by atoms with E-state index in [1.807, 2.05) is 37.3 Å². The lowest BCUT2D eigenvalue weighted by Gasteiger charge is -2.17. The van der Waals surface area contributed by atoms with Gasteiger partial charge in [-0.1, -0.05) is 31.2 Å². The molecule has 3 nitrogen and oxygen atoms in total. The average Bonchev–Trinajstić information content (AvgIpc) is 2.42. The van der Waals surface area contributed by atoms with Gasteiger partial charge in [0, 0.05) is 5.92 Å². The third-order valence-electron chi connectivity index (χ3n) is 2.96. The number of aliphatic hydroxyl groups is 1. The van der Waals surface area contributed by atoms with E-state index in [0.29, 0.717) is 6.61 Å². The molecule has 0 heterocycles. The van der Waals surface area contributed by atoms with Gasteiger partial charge in [-0.3, -0.25) is 0 Å². The molecule has 1 aromatic carbocycles. The SMILES string of the molecule is COc1ccc(CO[C@H](C)[C@@H](C)/C=C/CO)cc1. The van der Waals surface area contributed by atoms with Gasteiger partial charge in [-0.2, -0.15) is 0 Å². The minimum Gasteiger partial charge on any atom is -0.497 e. The maximum Gasteiger partial charge on any atom is 0.118 e. The van der Waals surface area contributed by atoms with Gasteiger partial charge < -0.3 is 14.6 Å². The van der Waals surface area contributed by atoms with Crippen molar-refractivity contribution in [3.63, 3.8) is 0 Å². The van der Waals surface area contributed by atoms with Crippen molar-refractivity contribution in [2.24, 2.45) is 5.92 Å². The van der Waals surface area contributed by atoms with E-state index < -0.39 is 0 Å². The lowest BCUT2D eigenvalue weighted by molar-refractivity contribution is 0.0306. The smallest absolute Gasteiger partial charge is 0.118 e. The summed E-state index contributed by atoms with van der Waals surface area (Å²) in [6, 6.07) is 7.86. The van der Waals surface area contributed by atoms with E-state index in [1.54, 1.807) is 13.2 Å². The van der Waals surface area contributed by atoms with Gasteiger partial charge in [-0.15, -0.1) is 0 Å². The monoisotopic (exact) mass is 250 g/mol. The second-order valence-corrected chi connectivity index (χ2v) is 4.33. The summed E-state index contributed by atoms with van der Waals surface area (Å²) in [5.41, 5.74) is 1.13. The van der Waals surface area contributed by atoms with E-state index >= 15 is 0 Å². The van der Waals surface area contributed by atoms with Gasteiger partial charge in [0.05, 0.1) is 26.4 Å². The number of hydrogen-bond donors (Lipinski definition) is 1. The Morgan fingerprint density at radius 3 is 2.44 bits per heavy atom. The number of benzene rings is 1. The van der Waals surface area contributed by atoms with Crippen LogP contribution in [0.25, 0.3) is 0 Å². The normalized spacial score (nSPS) is 14.7. The number of hydrogen-bond acceptors (Lipinski definition) is 3. The minimum absolute atomic E-state index is 0.0789. The van der Waals surface area contributed by atoms with Gasteiger partial charge in [-0.25, -0.2) is 0 Å². The summed E-state index contributed by atoms with van der Waals surface area (Å²) in [4.78, 5) is 0. The quantitative estimate of drug-likeness (QED) is 0.756. The predicted octanol–water partition coefficient (Wildman–Crippen LogP) is 2.78. The highest BCUT2D eigenvalue weighted by atomic mass is 16.5. The maximum atomic E-state index is 8.71.